The maximum atomic E-state index is 15.0. The highest BCUT2D eigenvalue weighted by Gasteiger charge is 2.43. The van der Waals surface area contributed by atoms with E-state index in [1.54, 1.807) is 0 Å². The van der Waals surface area contributed by atoms with Gasteiger partial charge in [-0.2, -0.15) is 13.2 Å². The third-order valence-electron chi connectivity index (χ3n) is 7.38. The lowest BCUT2D eigenvalue weighted by Crippen LogP contribution is -2.46. The minimum absolute atomic E-state index is 0.0291. The lowest BCUT2D eigenvalue weighted by molar-refractivity contribution is -0.137. The molecule has 0 spiro atoms. The van der Waals surface area contributed by atoms with Gasteiger partial charge < -0.3 is 4.74 Å². The molecule has 2 atom stereocenters. The van der Waals surface area contributed by atoms with Gasteiger partial charge in [0, 0.05) is 24.8 Å². The number of hydrogen-bond donors (Lipinski definition) is 1. The summed E-state index contributed by atoms with van der Waals surface area (Å²) in [6.07, 6.45) is 1.58. The Morgan fingerprint density at radius 3 is 2.37 bits per heavy atom. The Balaban J connectivity index is 1.30. The lowest BCUT2D eigenvalue weighted by Gasteiger charge is -2.39. The Labute approximate surface area is 222 Å². The number of aromatic nitrogens is 1. The van der Waals surface area contributed by atoms with E-state index in [-0.39, 0.29) is 40.6 Å². The number of piperidine rings is 1. The van der Waals surface area contributed by atoms with Gasteiger partial charge in [0.2, 0.25) is 15.9 Å². The van der Waals surface area contributed by atoms with Crippen molar-refractivity contribution in [3.8, 4) is 5.88 Å². The van der Waals surface area contributed by atoms with Crippen LogP contribution in [-0.4, -0.2) is 48.7 Å². The summed E-state index contributed by atoms with van der Waals surface area (Å²) >= 11 is 6.02. The van der Waals surface area contributed by atoms with Crippen LogP contribution in [-0.2, 0) is 22.7 Å². The predicted octanol–water partition coefficient (Wildman–Crippen LogP) is 5.03. The average Bonchev–Trinajstić information content (AvgIpc) is 3.60. The Bertz CT molecular complexity index is 1350. The number of carbonyl (C=O) groups excluding carboxylic acids is 1. The summed E-state index contributed by atoms with van der Waals surface area (Å²) in [7, 11) is -3.83. The summed E-state index contributed by atoms with van der Waals surface area (Å²) in [6, 6.07) is 3.85. The van der Waals surface area contributed by atoms with E-state index in [9.17, 15) is 30.8 Å². The van der Waals surface area contributed by atoms with E-state index in [0.29, 0.717) is 25.6 Å². The van der Waals surface area contributed by atoms with Crippen LogP contribution in [0.25, 0.3) is 0 Å². The first kappa shape index (κ1) is 27.1. The molecule has 2 unspecified atom stereocenters. The number of hydrogen-bond acceptors (Lipinski definition) is 6. The Kier molecular flexibility index (Phi) is 7.10. The monoisotopic (exact) mass is 575 g/mol. The van der Waals surface area contributed by atoms with Crippen molar-refractivity contribution in [2.45, 2.75) is 75.4 Å². The number of sulfonamides is 1. The van der Waals surface area contributed by atoms with E-state index < -0.39 is 33.5 Å². The number of rotatable bonds is 7. The van der Waals surface area contributed by atoms with Gasteiger partial charge in [-0.3, -0.25) is 9.69 Å². The second-order valence-corrected chi connectivity index (χ2v) is 12.4. The minimum Gasteiger partial charge on any atom is -0.473 e. The van der Waals surface area contributed by atoms with Gasteiger partial charge in [0.15, 0.2) is 0 Å². The zero-order valence-corrected chi connectivity index (χ0v) is 22.0. The topological polar surface area (TPSA) is 88.6 Å². The normalized spacial score (nSPS) is 23.9. The Hall–Kier alpha value is -2.44. The van der Waals surface area contributed by atoms with Crippen molar-refractivity contribution < 1.29 is 35.5 Å². The largest absolute Gasteiger partial charge is 0.473 e. The first-order chi connectivity index (χ1) is 17.8. The lowest BCUT2D eigenvalue weighted by atomic mass is 9.95. The number of carbonyl (C=O) groups is 1. The second kappa shape index (κ2) is 9.95. The first-order valence-corrected chi connectivity index (χ1v) is 14.5. The molecule has 1 aromatic heterocycles. The van der Waals surface area contributed by atoms with Crippen molar-refractivity contribution in [2.75, 3.05) is 6.26 Å². The molecule has 3 fully saturated rings. The molecule has 3 aliphatic rings. The van der Waals surface area contributed by atoms with Crippen molar-refractivity contribution in [3.63, 3.8) is 0 Å². The van der Waals surface area contributed by atoms with Gasteiger partial charge in [-0.25, -0.2) is 22.5 Å². The summed E-state index contributed by atoms with van der Waals surface area (Å²) in [4.78, 5) is 18.4. The quantitative estimate of drug-likeness (QED) is 0.466. The highest BCUT2D eigenvalue weighted by molar-refractivity contribution is 7.89. The molecule has 13 heteroatoms. The van der Waals surface area contributed by atoms with Crippen molar-refractivity contribution in [1.29, 1.82) is 0 Å². The fraction of sp³-hybridized carbons (Fsp3) is 0.520. The molecule has 2 aromatic rings. The zero-order chi connectivity index (χ0) is 27.4. The van der Waals surface area contributed by atoms with Gasteiger partial charge in [-0.05, 0) is 73.8 Å². The number of amides is 1. The van der Waals surface area contributed by atoms with Crippen LogP contribution < -0.4 is 9.46 Å². The fourth-order valence-electron chi connectivity index (χ4n) is 5.54. The predicted molar refractivity (Wildman–Crippen MR) is 131 cm³/mol. The average molecular weight is 576 g/mol. The van der Waals surface area contributed by atoms with Gasteiger partial charge >= 0.3 is 6.18 Å². The van der Waals surface area contributed by atoms with Gasteiger partial charge in [0.1, 0.15) is 16.9 Å². The van der Waals surface area contributed by atoms with E-state index >= 15 is 0 Å². The number of pyridine rings is 1. The number of nitrogens with zero attached hydrogens (tertiary/aromatic N) is 2. The summed E-state index contributed by atoms with van der Waals surface area (Å²) < 4.78 is 84.3. The molecule has 1 aliphatic carbocycles. The zero-order valence-electron chi connectivity index (χ0n) is 20.4. The van der Waals surface area contributed by atoms with Crippen LogP contribution in [0.2, 0.25) is 5.02 Å². The molecule has 0 radical (unpaired) electrons. The highest BCUT2D eigenvalue weighted by atomic mass is 35.5. The van der Waals surface area contributed by atoms with E-state index in [1.165, 1.54) is 12.1 Å². The minimum atomic E-state index is -4.55. The van der Waals surface area contributed by atoms with Crippen LogP contribution in [0.1, 0.15) is 71.5 Å². The molecule has 5 rings (SSSR count). The molecule has 7 nitrogen and oxygen atoms in total. The molecule has 1 aromatic carbocycles. The van der Waals surface area contributed by atoms with Crippen LogP contribution in [0, 0.1) is 5.82 Å². The molecule has 1 N–H and O–H groups in total. The fourth-order valence-corrected chi connectivity index (χ4v) is 6.20. The second-order valence-electron chi connectivity index (χ2n) is 10.3. The summed E-state index contributed by atoms with van der Waals surface area (Å²) in [5.41, 5.74) is 0.383. The number of benzene rings is 1. The third kappa shape index (κ3) is 5.91. The molecule has 38 heavy (non-hydrogen) atoms. The number of ether oxygens (including phenoxy) is 1. The molecular weight excluding hydrogens is 550 g/mol. The van der Waals surface area contributed by atoms with E-state index in [2.05, 4.69) is 9.88 Å². The smallest absolute Gasteiger partial charge is 0.417 e. The van der Waals surface area contributed by atoms with Crippen molar-refractivity contribution in [2.24, 2.45) is 0 Å². The molecule has 1 saturated carbocycles. The Morgan fingerprint density at radius 1 is 1.16 bits per heavy atom. The molecule has 206 valence electrons. The molecular formula is C25H26ClF4N3O4S. The van der Waals surface area contributed by atoms with Crippen LogP contribution in [0.15, 0.2) is 24.4 Å². The number of nitrogens with one attached hydrogen (secondary N) is 1. The van der Waals surface area contributed by atoms with Gasteiger partial charge in [0.25, 0.3) is 5.91 Å². The van der Waals surface area contributed by atoms with Crippen LogP contribution >= 0.6 is 11.6 Å². The van der Waals surface area contributed by atoms with E-state index in [4.69, 9.17) is 16.3 Å². The van der Waals surface area contributed by atoms with Crippen molar-refractivity contribution in [3.05, 3.63) is 57.5 Å². The maximum absolute atomic E-state index is 15.0. The van der Waals surface area contributed by atoms with Crippen LogP contribution in [0.3, 0.4) is 0 Å². The summed E-state index contributed by atoms with van der Waals surface area (Å²) in [5, 5.41) is -0.195. The van der Waals surface area contributed by atoms with Crippen molar-refractivity contribution >= 4 is 27.5 Å². The van der Waals surface area contributed by atoms with Crippen LogP contribution in [0.4, 0.5) is 17.6 Å². The molecule has 2 aliphatic heterocycles. The van der Waals surface area contributed by atoms with E-state index in [0.717, 1.165) is 49.1 Å². The number of fused-ring (bicyclic) bond motifs is 2. The Morgan fingerprint density at radius 2 is 1.82 bits per heavy atom. The maximum Gasteiger partial charge on any atom is 0.417 e. The summed E-state index contributed by atoms with van der Waals surface area (Å²) in [6.45, 7) is 0.470. The molecule has 3 heterocycles. The SMILES string of the molecule is CS(=O)(=O)NC(=O)c1cc(C2CC2)c(CN2C3CCC2CC(Oc2ncc(C(F)(F)F)cc2Cl)C3)cc1F. The molecule has 2 bridgehead atoms. The van der Waals surface area contributed by atoms with E-state index in [1.807, 2.05) is 4.72 Å². The third-order valence-corrected chi connectivity index (χ3v) is 8.20. The number of alkyl halides is 3. The molecule has 1 amide bonds. The van der Waals surface area contributed by atoms with Gasteiger partial charge in [-0.15, -0.1) is 0 Å². The van der Waals surface area contributed by atoms with Gasteiger partial charge in [-0.1, -0.05) is 11.6 Å². The first-order valence-electron chi connectivity index (χ1n) is 12.3. The summed E-state index contributed by atoms with van der Waals surface area (Å²) in [5.74, 6) is -1.61. The standard InChI is InChI=1S/C25H26ClF4N3O4S/c1-38(35,36)32-23(34)20-10-19(13-2-3-13)14(6-22(20)27)12-33-16-4-5-17(33)9-18(8-16)37-24-21(26)7-15(11-31-24)25(28,29)30/h6-7,10-11,13,16-18H,2-5,8-9,12H2,1H3,(H,32,34). The number of halogens is 5. The molecule has 2 saturated heterocycles. The highest BCUT2D eigenvalue weighted by Crippen LogP contribution is 2.45. The van der Waals surface area contributed by atoms with Gasteiger partial charge in [0.05, 0.1) is 17.4 Å². The van der Waals surface area contributed by atoms with Crippen LogP contribution in [0.5, 0.6) is 5.88 Å². The van der Waals surface area contributed by atoms with Crippen molar-refractivity contribution in [1.82, 2.24) is 14.6 Å².